The van der Waals surface area contributed by atoms with Gasteiger partial charge in [0.2, 0.25) is 5.91 Å². The number of nitrogens with zero attached hydrogens (tertiary/aromatic N) is 2. The predicted molar refractivity (Wildman–Crippen MR) is 86.5 cm³/mol. The summed E-state index contributed by atoms with van der Waals surface area (Å²) in [5.74, 6) is 2.47. The third-order valence-electron chi connectivity index (χ3n) is 3.48. The quantitative estimate of drug-likeness (QED) is 0.868. The maximum Gasteiger partial charge on any atom is 0.239 e. The Morgan fingerprint density at radius 2 is 1.86 bits per heavy atom. The number of pyridine rings is 1. The van der Waals surface area contributed by atoms with Crippen LogP contribution in [-0.2, 0) is 4.79 Å². The molecule has 2 heterocycles. The lowest BCUT2D eigenvalue weighted by Crippen LogP contribution is -2.29. The first-order valence-corrected chi connectivity index (χ1v) is 7.86. The molecule has 114 valence electrons. The minimum atomic E-state index is -0.214. The summed E-state index contributed by atoms with van der Waals surface area (Å²) < 4.78 is 10.9. The van der Waals surface area contributed by atoms with E-state index in [1.54, 1.807) is 37.1 Å². The molecule has 1 aliphatic heterocycles. The Kier molecular flexibility index (Phi) is 4.20. The molecule has 1 atom stereocenters. The first-order chi connectivity index (χ1) is 10.8. The maximum atomic E-state index is 12.3. The number of ether oxygens (including phenoxy) is 2. The number of carbonyl (C=O) groups is 1. The zero-order valence-corrected chi connectivity index (χ0v) is 13.2. The average Bonchev–Trinajstić information content (AvgIpc) is 2.96. The Hall–Kier alpha value is -2.21. The van der Waals surface area contributed by atoms with Crippen LogP contribution in [0.2, 0.25) is 0 Å². The molecule has 0 aliphatic carbocycles. The van der Waals surface area contributed by atoms with Crippen LogP contribution in [-0.4, -0.2) is 30.9 Å². The lowest BCUT2D eigenvalue weighted by Gasteiger charge is -2.25. The molecular weight excluding hydrogens is 300 g/mol. The second kappa shape index (κ2) is 6.27. The van der Waals surface area contributed by atoms with E-state index in [0.29, 0.717) is 23.1 Å². The second-order valence-electron chi connectivity index (χ2n) is 4.69. The molecule has 0 bridgehead atoms. The number of hydrogen-bond donors (Lipinski definition) is 0. The van der Waals surface area contributed by atoms with Crippen molar-refractivity contribution >= 4 is 23.5 Å². The van der Waals surface area contributed by atoms with E-state index in [-0.39, 0.29) is 11.3 Å². The van der Waals surface area contributed by atoms with E-state index in [1.807, 2.05) is 36.4 Å². The van der Waals surface area contributed by atoms with Gasteiger partial charge >= 0.3 is 0 Å². The van der Waals surface area contributed by atoms with Gasteiger partial charge in [0.25, 0.3) is 0 Å². The first kappa shape index (κ1) is 14.7. The Morgan fingerprint density at radius 3 is 2.45 bits per heavy atom. The van der Waals surface area contributed by atoms with Gasteiger partial charge in [-0.15, -0.1) is 11.8 Å². The van der Waals surface area contributed by atoms with Gasteiger partial charge in [0.1, 0.15) is 22.7 Å². The molecule has 0 saturated carbocycles. The zero-order chi connectivity index (χ0) is 15.5. The highest BCUT2D eigenvalue weighted by Gasteiger charge is 2.38. The van der Waals surface area contributed by atoms with Crippen molar-refractivity contribution in [2.75, 3.05) is 24.9 Å². The molecule has 0 N–H and O–H groups in total. The number of aromatic nitrogens is 1. The standard InChI is InChI=1S/C16H16N2O3S/c1-20-11-6-5-7-12(21-2)15(11)16-18(14(19)10-22-16)13-8-3-4-9-17-13/h3-9,16H,10H2,1-2H3. The summed E-state index contributed by atoms with van der Waals surface area (Å²) in [5.41, 5.74) is 0.856. The van der Waals surface area contributed by atoms with E-state index in [4.69, 9.17) is 9.47 Å². The van der Waals surface area contributed by atoms with Gasteiger partial charge < -0.3 is 9.47 Å². The molecule has 6 heteroatoms. The van der Waals surface area contributed by atoms with Crippen LogP contribution in [0.25, 0.3) is 0 Å². The van der Waals surface area contributed by atoms with E-state index < -0.39 is 0 Å². The van der Waals surface area contributed by atoms with Gasteiger partial charge in [-0.2, -0.15) is 0 Å². The van der Waals surface area contributed by atoms with Crippen LogP contribution in [0.4, 0.5) is 5.82 Å². The van der Waals surface area contributed by atoms with Crippen molar-refractivity contribution in [2.24, 2.45) is 0 Å². The minimum absolute atomic E-state index is 0.0293. The molecule has 1 saturated heterocycles. The van der Waals surface area contributed by atoms with E-state index >= 15 is 0 Å². The monoisotopic (exact) mass is 316 g/mol. The lowest BCUT2D eigenvalue weighted by molar-refractivity contribution is -0.115. The molecule has 1 amide bonds. The van der Waals surface area contributed by atoms with Gasteiger partial charge in [0, 0.05) is 6.20 Å². The molecule has 5 nitrogen and oxygen atoms in total. The van der Waals surface area contributed by atoms with Crippen molar-refractivity contribution in [1.82, 2.24) is 4.98 Å². The molecule has 1 aromatic carbocycles. The number of hydrogen-bond acceptors (Lipinski definition) is 5. The van der Waals surface area contributed by atoms with Crippen molar-refractivity contribution in [3.63, 3.8) is 0 Å². The van der Waals surface area contributed by atoms with Crippen molar-refractivity contribution in [1.29, 1.82) is 0 Å². The van der Waals surface area contributed by atoms with Crippen molar-refractivity contribution in [3.8, 4) is 11.5 Å². The molecule has 22 heavy (non-hydrogen) atoms. The molecule has 1 aliphatic rings. The highest BCUT2D eigenvalue weighted by molar-refractivity contribution is 8.00. The van der Waals surface area contributed by atoms with Crippen molar-refractivity contribution in [3.05, 3.63) is 48.2 Å². The van der Waals surface area contributed by atoms with Gasteiger partial charge in [-0.3, -0.25) is 9.69 Å². The number of carbonyl (C=O) groups excluding carboxylic acids is 1. The number of rotatable bonds is 4. The molecule has 0 radical (unpaired) electrons. The summed E-state index contributed by atoms with van der Waals surface area (Å²) in [6, 6.07) is 11.1. The van der Waals surface area contributed by atoms with Gasteiger partial charge in [0.05, 0.1) is 25.5 Å². The molecule has 3 rings (SSSR count). The molecule has 0 spiro atoms. The van der Waals surface area contributed by atoms with E-state index in [1.165, 1.54) is 0 Å². The van der Waals surface area contributed by atoms with Gasteiger partial charge in [-0.05, 0) is 24.3 Å². The Balaban J connectivity index is 2.09. The Bertz CT molecular complexity index is 656. The van der Waals surface area contributed by atoms with Gasteiger partial charge in [-0.1, -0.05) is 12.1 Å². The maximum absolute atomic E-state index is 12.3. The normalized spacial score (nSPS) is 17.6. The van der Waals surface area contributed by atoms with Gasteiger partial charge in [0.15, 0.2) is 0 Å². The number of benzene rings is 1. The number of anilines is 1. The van der Waals surface area contributed by atoms with Crippen LogP contribution in [0.3, 0.4) is 0 Å². The third-order valence-corrected chi connectivity index (χ3v) is 4.65. The van der Waals surface area contributed by atoms with E-state index in [0.717, 1.165) is 5.56 Å². The molecule has 1 aromatic heterocycles. The zero-order valence-electron chi connectivity index (χ0n) is 12.4. The first-order valence-electron chi connectivity index (χ1n) is 6.82. The SMILES string of the molecule is COc1cccc(OC)c1C1SCC(=O)N1c1ccccn1. The van der Waals surface area contributed by atoms with Gasteiger partial charge in [-0.25, -0.2) is 4.98 Å². The van der Waals surface area contributed by atoms with Crippen LogP contribution in [0.15, 0.2) is 42.6 Å². The van der Waals surface area contributed by atoms with E-state index in [2.05, 4.69) is 4.98 Å². The fourth-order valence-corrected chi connectivity index (χ4v) is 3.72. The van der Waals surface area contributed by atoms with Crippen LogP contribution in [0.5, 0.6) is 11.5 Å². The smallest absolute Gasteiger partial charge is 0.239 e. The molecule has 1 fully saturated rings. The summed E-state index contributed by atoms with van der Waals surface area (Å²) in [6.07, 6.45) is 1.68. The minimum Gasteiger partial charge on any atom is -0.496 e. The summed E-state index contributed by atoms with van der Waals surface area (Å²) in [6.45, 7) is 0. The topological polar surface area (TPSA) is 51.7 Å². The molecule has 2 aromatic rings. The largest absolute Gasteiger partial charge is 0.496 e. The predicted octanol–water partition coefficient (Wildman–Crippen LogP) is 2.88. The van der Waals surface area contributed by atoms with Crippen molar-refractivity contribution < 1.29 is 14.3 Å². The van der Waals surface area contributed by atoms with Crippen LogP contribution in [0, 0.1) is 0 Å². The highest BCUT2D eigenvalue weighted by Crippen LogP contribution is 2.47. The Morgan fingerprint density at radius 1 is 1.14 bits per heavy atom. The average molecular weight is 316 g/mol. The van der Waals surface area contributed by atoms with Crippen molar-refractivity contribution in [2.45, 2.75) is 5.37 Å². The summed E-state index contributed by atoms with van der Waals surface area (Å²) in [7, 11) is 3.23. The number of thioether (sulfide) groups is 1. The fraction of sp³-hybridized carbons (Fsp3) is 0.250. The van der Waals surface area contributed by atoms with E-state index in [9.17, 15) is 4.79 Å². The second-order valence-corrected chi connectivity index (χ2v) is 5.76. The third kappa shape index (κ3) is 2.50. The van der Waals surface area contributed by atoms with Crippen LogP contribution >= 0.6 is 11.8 Å². The molecule has 1 unspecified atom stereocenters. The highest BCUT2D eigenvalue weighted by atomic mass is 32.2. The van der Waals surface area contributed by atoms with Crippen LogP contribution in [0.1, 0.15) is 10.9 Å². The van der Waals surface area contributed by atoms with Crippen LogP contribution < -0.4 is 14.4 Å². The number of amides is 1. The molecular formula is C16H16N2O3S. The fourth-order valence-electron chi connectivity index (χ4n) is 2.50. The Labute approximate surface area is 133 Å². The lowest BCUT2D eigenvalue weighted by atomic mass is 10.1. The summed E-state index contributed by atoms with van der Waals surface area (Å²) >= 11 is 1.54. The summed E-state index contributed by atoms with van der Waals surface area (Å²) in [4.78, 5) is 18.3. The summed E-state index contributed by atoms with van der Waals surface area (Å²) in [5, 5.41) is -0.214. The number of methoxy groups -OCH3 is 2.